The van der Waals surface area contributed by atoms with Gasteiger partial charge in [0, 0.05) is 17.6 Å². The zero-order chi connectivity index (χ0) is 12.1. The molecule has 0 radical (unpaired) electrons. The lowest BCUT2D eigenvalue weighted by molar-refractivity contribution is 0.575. The van der Waals surface area contributed by atoms with Crippen molar-refractivity contribution in [1.29, 1.82) is 0 Å². The molecule has 2 aromatic rings. The average Bonchev–Trinajstić information content (AvgIpc) is 2.38. The fourth-order valence-electron chi connectivity index (χ4n) is 1.76. The van der Waals surface area contributed by atoms with Gasteiger partial charge in [-0.05, 0) is 24.1 Å². The minimum atomic E-state index is 0.326. The molecule has 0 aliphatic rings. The molecule has 17 heavy (non-hydrogen) atoms. The topological polar surface area (TPSA) is 12.0 Å². The lowest BCUT2D eigenvalue weighted by Gasteiger charge is -2.14. The standard InChI is InChI=1S/C15H16ClN/c1-12(13-7-3-2-4-8-13)17-11-14-9-5-6-10-15(14)16/h2-10,12,17H,11H2,1H3. The van der Waals surface area contributed by atoms with Crippen molar-refractivity contribution in [2.24, 2.45) is 0 Å². The number of hydrogen-bond acceptors (Lipinski definition) is 1. The lowest BCUT2D eigenvalue weighted by atomic mass is 10.1. The number of nitrogens with one attached hydrogen (secondary N) is 1. The third-order valence-corrected chi connectivity index (χ3v) is 3.22. The van der Waals surface area contributed by atoms with Crippen LogP contribution in [0.3, 0.4) is 0 Å². The molecule has 1 unspecified atom stereocenters. The quantitative estimate of drug-likeness (QED) is 0.852. The first-order chi connectivity index (χ1) is 8.27. The second kappa shape index (κ2) is 5.85. The number of benzene rings is 2. The van der Waals surface area contributed by atoms with Gasteiger partial charge in [-0.15, -0.1) is 0 Å². The SMILES string of the molecule is CC(NCc1ccccc1Cl)c1ccccc1. The molecule has 0 bridgehead atoms. The highest BCUT2D eigenvalue weighted by atomic mass is 35.5. The van der Waals surface area contributed by atoms with E-state index in [0.717, 1.165) is 17.1 Å². The highest BCUT2D eigenvalue weighted by molar-refractivity contribution is 6.31. The molecule has 2 heteroatoms. The van der Waals surface area contributed by atoms with Crippen LogP contribution < -0.4 is 5.32 Å². The normalized spacial score (nSPS) is 12.4. The summed E-state index contributed by atoms with van der Waals surface area (Å²) in [4.78, 5) is 0. The molecule has 0 saturated carbocycles. The van der Waals surface area contributed by atoms with Gasteiger partial charge in [-0.1, -0.05) is 60.1 Å². The van der Waals surface area contributed by atoms with E-state index >= 15 is 0 Å². The van der Waals surface area contributed by atoms with Gasteiger partial charge >= 0.3 is 0 Å². The van der Waals surface area contributed by atoms with Crippen LogP contribution in [0.25, 0.3) is 0 Å². The van der Waals surface area contributed by atoms with E-state index in [2.05, 4.69) is 36.5 Å². The fraction of sp³-hybridized carbons (Fsp3) is 0.200. The minimum Gasteiger partial charge on any atom is -0.306 e. The summed E-state index contributed by atoms with van der Waals surface area (Å²) >= 11 is 6.11. The van der Waals surface area contributed by atoms with Crippen molar-refractivity contribution in [2.75, 3.05) is 0 Å². The number of rotatable bonds is 4. The highest BCUT2D eigenvalue weighted by Gasteiger charge is 2.05. The Balaban J connectivity index is 1.97. The molecule has 0 spiro atoms. The Kier molecular flexibility index (Phi) is 4.18. The fourth-order valence-corrected chi connectivity index (χ4v) is 1.97. The molecular formula is C15H16ClN. The van der Waals surface area contributed by atoms with E-state index in [-0.39, 0.29) is 0 Å². The molecule has 0 aliphatic carbocycles. The first kappa shape index (κ1) is 12.2. The highest BCUT2D eigenvalue weighted by Crippen LogP contribution is 2.17. The monoisotopic (exact) mass is 245 g/mol. The average molecular weight is 246 g/mol. The van der Waals surface area contributed by atoms with Gasteiger partial charge in [-0.25, -0.2) is 0 Å². The van der Waals surface area contributed by atoms with Gasteiger partial charge in [0.05, 0.1) is 0 Å². The van der Waals surface area contributed by atoms with Crippen molar-refractivity contribution in [3.05, 3.63) is 70.7 Å². The van der Waals surface area contributed by atoms with E-state index < -0.39 is 0 Å². The Hall–Kier alpha value is -1.31. The van der Waals surface area contributed by atoms with E-state index in [0.29, 0.717) is 6.04 Å². The van der Waals surface area contributed by atoms with Crippen LogP contribution in [-0.2, 0) is 6.54 Å². The van der Waals surface area contributed by atoms with Gasteiger partial charge in [-0.3, -0.25) is 0 Å². The first-order valence-corrected chi connectivity index (χ1v) is 6.17. The second-order valence-corrected chi connectivity index (χ2v) is 4.51. The van der Waals surface area contributed by atoms with E-state index in [9.17, 15) is 0 Å². The minimum absolute atomic E-state index is 0.326. The van der Waals surface area contributed by atoms with Gasteiger partial charge in [-0.2, -0.15) is 0 Å². The molecule has 0 fully saturated rings. The van der Waals surface area contributed by atoms with Crippen molar-refractivity contribution in [3.63, 3.8) is 0 Å². The molecule has 0 heterocycles. The molecule has 0 amide bonds. The molecule has 2 rings (SSSR count). The lowest BCUT2D eigenvalue weighted by Crippen LogP contribution is -2.18. The van der Waals surface area contributed by atoms with Gasteiger partial charge in [0.25, 0.3) is 0 Å². The van der Waals surface area contributed by atoms with Crippen LogP contribution in [0, 0.1) is 0 Å². The summed E-state index contributed by atoms with van der Waals surface area (Å²) in [6, 6.07) is 18.7. The third-order valence-electron chi connectivity index (χ3n) is 2.86. The van der Waals surface area contributed by atoms with Crippen molar-refractivity contribution in [1.82, 2.24) is 5.32 Å². The Labute approximate surface area is 107 Å². The maximum Gasteiger partial charge on any atom is 0.0450 e. The largest absolute Gasteiger partial charge is 0.306 e. The predicted molar refractivity (Wildman–Crippen MR) is 73.1 cm³/mol. The Morgan fingerprint density at radius 2 is 1.65 bits per heavy atom. The molecule has 0 aromatic heterocycles. The van der Waals surface area contributed by atoms with Gasteiger partial charge in [0.15, 0.2) is 0 Å². The summed E-state index contributed by atoms with van der Waals surface area (Å²) in [5, 5.41) is 4.29. The van der Waals surface area contributed by atoms with E-state index in [1.807, 2.05) is 30.3 Å². The predicted octanol–water partition coefficient (Wildman–Crippen LogP) is 4.19. The van der Waals surface area contributed by atoms with Crippen LogP contribution in [0.5, 0.6) is 0 Å². The molecule has 88 valence electrons. The van der Waals surface area contributed by atoms with Crippen molar-refractivity contribution in [2.45, 2.75) is 19.5 Å². The zero-order valence-electron chi connectivity index (χ0n) is 9.86. The van der Waals surface area contributed by atoms with Crippen molar-refractivity contribution in [3.8, 4) is 0 Å². The summed E-state index contributed by atoms with van der Waals surface area (Å²) in [5.74, 6) is 0. The van der Waals surface area contributed by atoms with Crippen LogP contribution in [0.1, 0.15) is 24.1 Å². The molecule has 0 aliphatic heterocycles. The summed E-state index contributed by atoms with van der Waals surface area (Å²) in [5.41, 5.74) is 2.43. The third kappa shape index (κ3) is 3.32. The maximum atomic E-state index is 6.11. The summed E-state index contributed by atoms with van der Waals surface area (Å²) in [7, 11) is 0. The Morgan fingerprint density at radius 1 is 1.00 bits per heavy atom. The molecule has 1 nitrogen and oxygen atoms in total. The van der Waals surface area contributed by atoms with Crippen LogP contribution in [0.4, 0.5) is 0 Å². The second-order valence-electron chi connectivity index (χ2n) is 4.10. The number of halogens is 1. The molecular weight excluding hydrogens is 230 g/mol. The van der Waals surface area contributed by atoms with E-state index in [1.165, 1.54) is 5.56 Å². The van der Waals surface area contributed by atoms with Crippen molar-refractivity contribution >= 4 is 11.6 Å². The Bertz CT molecular complexity index is 467. The van der Waals surface area contributed by atoms with Gasteiger partial charge < -0.3 is 5.32 Å². The molecule has 0 saturated heterocycles. The van der Waals surface area contributed by atoms with Gasteiger partial charge in [0.1, 0.15) is 0 Å². The molecule has 2 aromatic carbocycles. The van der Waals surface area contributed by atoms with E-state index in [1.54, 1.807) is 0 Å². The zero-order valence-corrected chi connectivity index (χ0v) is 10.6. The molecule has 1 N–H and O–H groups in total. The number of hydrogen-bond donors (Lipinski definition) is 1. The van der Waals surface area contributed by atoms with Crippen LogP contribution in [-0.4, -0.2) is 0 Å². The summed E-state index contributed by atoms with van der Waals surface area (Å²) in [6.07, 6.45) is 0. The maximum absolute atomic E-state index is 6.11. The summed E-state index contributed by atoms with van der Waals surface area (Å²) < 4.78 is 0. The van der Waals surface area contributed by atoms with Crippen molar-refractivity contribution < 1.29 is 0 Å². The van der Waals surface area contributed by atoms with Crippen LogP contribution in [0.15, 0.2) is 54.6 Å². The Morgan fingerprint density at radius 3 is 2.35 bits per heavy atom. The first-order valence-electron chi connectivity index (χ1n) is 5.79. The molecule has 1 atom stereocenters. The smallest absolute Gasteiger partial charge is 0.0450 e. The van der Waals surface area contributed by atoms with Gasteiger partial charge in [0.2, 0.25) is 0 Å². The summed E-state index contributed by atoms with van der Waals surface area (Å²) in [6.45, 7) is 2.95. The van der Waals surface area contributed by atoms with Crippen LogP contribution >= 0.6 is 11.6 Å². The van der Waals surface area contributed by atoms with E-state index in [4.69, 9.17) is 11.6 Å². The van der Waals surface area contributed by atoms with Crippen LogP contribution in [0.2, 0.25) is 5.02 Å².